The van der Waals surface area contributed by atoms with Crippen molar-refractivity contribution in [3.63, 3.8) is 0 Å². The van der Waals surface area contributed by atoms with Gasteiger partial charge in [-0.25, -0.2) is 4.39 Å². The molecule has 5 heteroatoms. The van der Waals surface area contributed by atoms with Crippen molar-refractivity contribution in [2.24, 2.45) is 5.84 Å². The van der Waals surface area contributed by atoms with Crippen molar-refractivity contribution < 1.29 is 9.18 Å². The number of hydrogen-bond donors (Lipinski definition) is 3. The Kier molecular flexibility index (Phi) is 3.77. The van der Waals surface area contributed by atoms with Gasteiger partial charge < -0.3 is 10.7 Å². The van der Waals surface area contributed by atoms with Gasteiger partial charge in [0.05, 0.1) is 11.3 Å². The molecule has 1 amide bonds. The average molecular weight is 259 g/mol. The zero-order chi connectivity index (χ0) is 13.8. The van der Waals surface area contributed by atoms with Crippen molar-refractivity contribution >= 4 is 11.6 Å². The van der Waals surface area contributed by atoms with Gasteiger partial charge in [-0.2, -0.15) is 0 Å². The van der Waals surface area contributed by atoms with Crippen LogP contribution in [-0.2, 0) is 0 Å². The van der Waals surface area contributed by atoms with Crippen molar-refractivity contribution in [2.45, 2.75) is 0 Å². The maximum absolute atomic E-state index is 13.9. The number of rotatable bonds is 3. The summed E-state index contributed by atoms with van der Waals surface area (Å²) in [5.41, 5.74) is 4.69. The van der Waals surface area contributed by atoms with E-state index >= 15 is 0 Å². The van der Waals surface area contributed by atoms with Crippen LogP contribution in [0.1, 0.15) is 10.4 Å². The van der Waals surface area contributed by atoms with Gasteiger partial charge in [0.1, 0.15) is 5.82 Å². The summed E-state index contributed by atoms with van der Waals surface area (Å²) in [6.07, 6.45) is 0. The van der Waals surface area contributed by atoms with Crippen LogP contribution in [0.4, 0.5) is 10.1 Å². The summed E-state index contributed by atoms with van der Waals surface area (Å²) in [6.45, 7) is 0. The highest BCUT2D eigenvalue weighted by atomic mass is 19.1. The van der Waals surface area contributed by atoms with E-state index in [-0.39, 0.29) is 5.56 Å². The van der Waals surface area contributed by atoms with Gasteiger partial charge in [-0.15, -0.1) is 0 Å². The Morgan fingerprint density at radius 3 is 2.58 bits per heavy atom. The molecule has 0 bridgehead atoms. The number of amides is 1. The maximum Gasteiger partial charge on any atom is 0.253 e. The van der Waals surface area contributed by atoms with Crippen LogP contribution in [0.15, 0.2) is 42.5 Å². The highest BCUT2D eigenvalue weighted by Gasteiger charge is 2.12. The Labute approximate surface area is 110 Å². The molecule has 2 aromatic carbocycles. The van der Waals surface area contributed by atoms with Crippen molar-refractivity contribution in [1.82, 2.24) is 5.32 Å². The van der Waals surface area contributed by atoms with Gasteiger partial charge in [-0.3, -0.25) is 10.6 Å². The summed E-state index contributed by atoms with van der Waals surface area (Å²) in [5, 5.41) is 2.39. The number of hydrogen-bond acceptors (Lipinski definition) is 3. The van der Waals surface area contributed by atoms with Gasteiger partial charge in [-0.1, -0.05) is 24.3 Å². The number of halogens is 1. The van der Waals surface area contributed by atoms with E-state index in [4.69, 9.17) is 5.84 Å². The fourth-order valence-corrected chi connectivity index (χ4v) is 1.86. The molecule has 4 nitrogen and oxygen atoms in total. The lowest BCUT2D eigenvalue weighted by Crippen LogP contribution is -2.19. The summed E-state index contributed by atoms with van der Waals surface area (Å²) < 4.78 is 13.9. The van der Waals surface area contributed by atoms with Crippen molar-refractivity contribution in [3.8, 4) is 11.1 Å². The molecule has 0 aliphatic carbocycles. The van der Waals surface area contributed by atoms with Crippen LogP contribution < -0.4 is 16.6 Å². The van der Waals surface area contributed by atoms with E-state index in [2.05, 4.69) is 10.7 Å². The molecule has 0 unspecified atom stereocenters. The third kappa shape index (κ3) is 2.56. The zero-order valence-corrected chi connectivity index (χ0v) is 10.4. The fraction of sp³-hybridized carbons (Fsp3) is 0.0714. The topological polar surface area (TPSA) is 67.2 Å². The number of carbonyl (C=O) groups excluding carboxylic acids is 1. The Hall–Kier alpha value is -2.40. The molecule has 0 aliphatic rings. The van der Waals surface area contributed by atoms with Crippen molar-refractivity contribution in [2.75, 3.05) is 12.5 Å². The van der Waals surface area contributed by atoms with Crippen molar-refractivity contribution in [3.05, 3.63) is 53.8 Å². The van der Waals surface area contributed by atoms with Crippen molar-refractivity contribution in [1.29, 1.82) is 0 Å². The number of hydrazine groups is 1. The van der Waals surface area contributed by atoms with Gasteiger partial charge in [-0.05, 0) is 23.8 Å². The quantitative estimate of drug-likeness (QED) is 0.584. The minimum atomic E-state index is -0.566. The second-order valence-corrected chi connectivity index (χ2v) is 3.96. The van der Waals surface area contributed by atoms with E-state index in [1.165, 1.54) is 19.2 Å². The minimum Gasteiger partial charge on any atom is -0.355 e. The number of benzene rings is 2. The van der Waals surface area contributed by atoms with Gasteiger partial charge in [0.25, 0.3) is 5.91 Å². The maximum atomic E-state index is 13.9. The SMILES string of the molecule is CNC(=O)c1ccc(-c2ccccc2NN)cc1F. The minimum absolute atomic E-state index is 0.0180. The second kappa shape index (κ2) is 5.49. The normalized spacial score (nSPS) is 10.1. The Bertz CT molecular complexity index is 613. The van der Waals surface area contributed by atoms with Gasteiger partial charge >= 0.3 is 0 Å². The summed E-state index contributed by atoms with van der Waals surface area (Å²) in [4.78, 5) is 11.4. The highest BCUT2D eigenvalue weighted by molar-refractivity contribution is 5.95. The van der Waals surface area contributed by atoms with Crippen LogP contribution in [0, 0.1) is 5.82 Å². The first-order valence-electron chi connectivity index (χ1n) is 5.75. The van der Waals surface area contributed by atoms with Crippen LogP contribution in [0.5, 0.6) is 0 Å². The monoisotopic (exact) mass is 259 g/mol. The molecule has 0 saturated carbocycles. The van der Waals surface area contributed by atoms with Crippen LogP contribution in [-0.4, -0.2) is 13.0 Å². The molecule has 0 heterocycles. The molecule has 98 valence electrons. The predicted molar refractivity (Wildman–Crippen MR) is 73.0 cm³/mol. The first-order valence-corrected chi connectivity index (χ1v) is 5.75. The lowest BCUT2D eigenvalue weighted by Gasteiger charge is -2.10. The van der Waals surface area contributed by atoms with Crippen LogP contribution in [0.25, 0.3) is 11.1 Å². The van der Waals surface area contributed by atoms with E-state index < -0.39 is 11.7 Å². The predicted octanol–water partition coefficient (Wildman–Crippen LogP) is 2.14. The molecule has 2 rings (SSSR count). The van der Waals surface area contributed by atoms with Gasteiger partial charge in [0.2, 0.25) is 0 Å². The first kappa shape index (κ1) is 13.0. The van der Waals surface area contributed by atoms with Crippen LogP contribution in [0.3, 0.4) is 0 Å². The highest BCUT2D eigenvalue weighted by Crippen LogP contribution is 2.28. The Morgan fingerprint density at radius 2 is 1.95 bits per heavy atom. The lowest BCUT2D eigenvalue weighted by molar-refractivity contribution is 0.0959. The average Bonchev–Trinajstić information content (AvgIpc) is 2.46. The molecule has 0 fully saturated rings. The Balaban J connectivity index is 2.47. The number of para-hydroxylation sites is 1. The fourth-order valence-electron chi connectivity index (χ4n) is 1.86. The molecule has 0 aliphatic heterocycles. The lowest BCUT2D eigenvalue weighted by atomic mass is 10.0. The zero-order valence-electron chi connectivity index (χ0n) is 10.4. The molecule has 0 atom stereocenters. The molecule has 2 aromatic rings. The molecule has 0 saturated heterocycles. The first-order chi connectivity index (χ1) is 9.17. The van der Waals surface area contributed by atoms with E-state index in [0.717, 1.165) is 5.56 Å². The Morgan fingerprint density at radius 1 is 1.21 bits per heavy atom. The summed E-state index contributed by atoms with van der Waals surface area (Å²) in [5.74, 6) is 4.40. The van der Waals surface area contributed by atoms with Crippen LogP contribution in [0.2, 0.25) is 0 Å². The third-order valence-corrected chi connectivity index (χ3v) is 2.83. The summed E-state index contributed by atoms with van der Waals surface area (Å²) >= 11 is 0. The molecular weight excluding hydrogens is 245 g/mol. The number of nitrogen functional groups attached to an aromatic ring is 1. The molecule has 0 spiro atoms. The molecule has 4 N–H and O–H groups in total. The van der Waals surface area contributed by atoms with E-state index in [1.54, 1.807) is 12.1 Å². The third-order valence-electron chi connectivity index (χ3n) is 2.83. The largest absolute Gasteiger partial charge is 0.355 e. The van der Waals surface area contributed by atoms with Crippen LogP contribution >= 0.6 is 0 Å². The smallest absolute Gasteiger partial charge is 0.253 e. The van der Waals surface area contributed by atoms with E-state index in [9.17, 15) is 9.18 Å². The van der Waals surface area contributed by atoms with E-state index in [1.807, 2.05) is 18.2 Å². The van der Waals surface area contributed by atoms with E-state index in [0.29, 0.717) is 11.3 Å². The number of nitrogens with two attached hydrogens (primary N) is 1. The summed E-state index contributed by atoms with van der Waals surface area (Å²) in [7, 11) is 1.46. The molecule has 0 radical (unpaired) electrons. The number of anilines is 1. The standard InChI is InChI=1S/C14H14FN3O/c1-17-14(19)11-7-6-9(8-12(11)15)10-4-2-3-5-13(10)18-16/h2-8,18H,16H2,1H3,(H,17,19). The summed E-state index contributed by atoms with van der Waals surface area (Å²) in [6, 6.07) is 11.7. The molecule has 19 heavy (non-hydrogen) atoms. The number of nitrogens with one attached hydrogen (secondary N) is 2. The molecular formula is C14H14FN3O. The molecule has 0 aromatic heterocycles. The van der Waals surface area contributed by atoms with Gasteiger partial charge in [0.15, 0.2) is 0 Å². The number of carbonyl (C=O) groups is 1. The van der Waals surface area contributed by atoms with Gasteiger partial charge in [0, 0.05) is 12.6 Å². The second-order valence-electron chi connectivity index (χ2n) is 3.96.